The fraction of sp³-hybridized carbons (Fsp3) is 0.588. The molecular formula is C17H28N2O2. The first-order valence-corrected chi connectivity index (χ1v) is 7.63. The lowest BCUT2D eigenvalue weighted by molar-refractivity contribution is -0.122. The van der Waals surface area contributed by atoms with Crippen LogP contribution in [0.15, 0.2) is 24.3 Å². The van der Waals surface area contributed by atoms with E-state index in [1.807, 2.05) is 19.2 Å². The lowest BCUT2D eigenvalue weighted by Crippen LogP contribution is -2.40. The van der Waals surface area contributed by atoms with Crippen LogP contribution in [0.5, 0.6) is 5.75 Å². The van der Waals surface area contributed by atoms with E-state index in [0.717, 1.165) is 19.4 Å². The lowest BCUT2D eigenvalue weighted by atomic mass is 10.1. The Morgan fingerprint density at radius 2 is 1.86 bits per heavy atom. The van der Waals surface area contributed by atoms with E-state index in [1.165, 1.54) is 5.56 Å². The Balaban J connectivity index is 2.31. The maximum absolute atomic E-state index is 11.8. The van der Waals surface area contributed by atoms with Crippen LogP contribution in [0.3, 0.4) is 0 Å². The van der Waals surface area contributed by atoms with Crippen molar-refractivity contribution in [2.45, 2.75) is 39.7 Å². The molecule has 1 rings (SSSR count). The van der Waals surface area contributed by atoms with Crippen molar-refractivity contribution >= 4 is 5.91 Å². The van der Waals surface area contributed by atoms with Gasteiger partial charge in [0.25, 0.3) is 0 Å². The van der Waals surface area contributed by atoms with Crippen molar-refractivity contribution in [3.63, 3.8) is 0 Å². The van der Waals surface area contributed by atoms with Gasteiger partial charge in [0, 0.05) is 12.6 Å². The molecule has 0 fully saturated rings. The van der Waals surface area contributed by atoms with Gasteiger partial charge >= 0.3 is 0 Å². The van der Waals surface area contributed by atoms with Crippen LogP contribution in [0, 0.1) is 5.92 Å². The summed E-state index contributed by atoms with van der Waals surface area (Å²) < 4.78 is 0. The number of nitrogens with zero attached hydrogens (tertiary/aromatic N) is 1. The third kappa shape index (κ3) is 7.14. The SMILES string of the molecule is CC(C)CNC(=O)CN(C)C(C)CCc1ccc(O)cc1. The summed E-state index contributed by atoms with van der Waals surface area (Å²) in [7, 11) is 1.98. The van der Waals surface area contributed by atoms with Crippen LogP contribution in [0.1, 0.15) is 32.8 Å². The Bertz CT molecular complexity index is 429. The molecule has 0 aliphatic rings. The highest BCUT2D eigenvalue weighted by atomic mass is 16.3. The highest BCUT2D eigenvalue weighted by Crippen LogP contribution is 2.13. The number of benzene rings is 1. The fourth-order valence-electron chi connectivity index (χ4n) is 2.01. The molecule has 21 heavy (non-hydrogen) atoms. The van der Waals surface area contributed by atoms with Gasteiger partial charge in [0.1, 0.15) is 5.75 Å². The largest absolute Gasteiger partial charge is 0.508 e. The number of nitrogens with one attached hydrogen (secondary N) is 1. The number of amides is 1. The van der Waals surface area contributed by atoms with Crippen molar-refractivity contribution < 1.29 is 9.90 Å². The Labute approximate surface area is 128 Å². The molecule has 2 N–H and O–H groups in total. The molecule has 1 unspecified atom stereocenters. The average Bonchev–Trinajstić information content (AvgIpc) is 2.44. The second kappa shape index (κ2) is 8.67. The molecule has 0 heterocycles. The number of phenolic OH excluding ortho intramolecular Hbond substituents is 1. The van der Waals surface area contributed by atoms with Gasteiger partial charge in [-0.1, -0.05) is 26.0 Å². The predicted octanol–water partition coefficient (Wildman–Crippen LogP) is 2.42. The molecule has 4 nitrogen and oxygen atoms in total. The first kappa shape index (κ1) is 17.5. The summed E-state index contributed by atoms with van der Waals surface area (Å²) in [5, 5.41) is 12.2. The smallest absolute Gasteiger partial charge is 0.234 e. The van der Waals surface area contributed by atoms with Crippen molar-refractivity contribution in [3.8, 4) is 5.75 Å². The van der Waals surface area contributed by atoms with E-state index in [-0.39, 0.29) is 5.91 Å². The molecule has 4 heteroatoms. The minimum absolute atomic E-state index is 0.0858. The van der Waals surface area contributed by atoms with Gasteiger partial charge in [0.2, 0.25) is 5.91 Å². The zero-order chi connectivity index (χ0) is 15.8. The number of aromatic hydroxyl groups is 1. The van der Waals surface area contributed by atoms with E-state index < -0.39 is 0 Å². The molecule has 0 radical (unpaired) electrons. The Morgan fingerprint density at radius 1 is 1.24 bits per heavy atom. The van der Waals surface area contributed by atoms with E-state index in [2.05, 4.69) is 31.0 Å². The minimum Gasteiger partial charge on any atom is -0.508 e. The molecular weight excluding hydrogens is 264 g/mol. The number of hydrogen-bond donors (Lipinski definition) is 2. The van der Waals surface area contributed by atoms with Crippen molar-refractivity contribution in [3.05, 3.63) is 29.8 Å². The van der Waals surface area contributed by atoms with Gasteiger partial charge in [-0.05, 0) is 50.4 Å². The van der Waals surface area contributed by atoms with E-state index >= 15 is 0 Å². The quantitative estimate of drug-likeness (QED) is 0.773. The molecule has 0 spiro atoms. The summed E-state index contributed by atoms with van der Waals surface area (Å²) in [6.45, 7) is 7.47. The first-order chi connectivity index (χ1) is 9.88. The molecule has 0 aliphatic heterocycles. The number of likely N-dealkylation sites (N-methyl/N-ethyl adjacent to an activating group) is 1. The van der Waals surface area contributed by atoms with E-state index in [9.17, 15) is 9.90 Å². The number of phenols is 1. The average molecular weight is 292 g/mol. The number of rotatable bonds is 8. The second-order valence-electron chi connectivity index (χ2n) is 6.17. The summed E-state index contributed by atoms with van der Waals surface area (Å²) in [6, 6.07) is 7.64. The number of aryl methyl sites for hydroxylation is 1. The van der Waals surface area contributed by atoms with Crippen LogP contribution >= 0.6 is 0 Å². The lowest BCUT2D eigenvalue weighted by Gasteiger charge is -2.24. The molecule has 0 saturated heterocycles. The van der Waals surface area contributed by atoms with Crippen molar-refractivity contribution in [2.24, 2.45) is 5.92 Å². The van der Waals surface area contributed by atoms with Gasteiger partial charge in [-0.25, -0.2) is 0 Å². The Kier molecular flexibility index (Phi) is 7.23. The second-order valence-corrected chi connectivity index (χ2v) is 6.17. The molecule has 0 saturated carbocycles. The molecule has 118 valence electrons. The Hall–Kier alpha value is -1.55. The first-order valence-electron chi connectivity index (χ1n) is 7.63. The summed E-state index contributed by atoms with van der Waals surface area (Å²) in [6.07, 6.45) is 1.93. The highest BCUT2D eigenvalue weighted by Gasteiger charge is 2.13. The van der Waals surface area contributed by atoms with Crippen LogP contribution in [0.25, 0.3) is 0 Å². The monoisotopic (exact) mass is 292 g/mol. The molecule has 1 aromatic carbocycles. The van der Waals surface area contributed by atoms with Crippen LogP contribution in [-0.4, -0.2) is 42.1 Å². The minimum atomic E-state index is 0.0858. The molecule has 1 aromatic rings. The van der Waals surface area contributed by atoms with Crippen molar-refractivity contribution in [1.29, 1.82) is 0 Å². The van der Waals surface area contributed by atoms with Gasteiger partial charge in [0.15, 0.2) is 0 Å². The zero-order valence-electron chi connectivity index (χ0n) is 13.6. The summed E-state index contributed by atoms with van der Waals surface area (Å²) in [5.74, 6) is 0.861. The fourth-order valence-corrected chi connectivity index (χ4v) is 2.01. The molecule has 1 atom stereocenters. The van der Waals surface area contributed by atoms with Crippen LogP contribution < -0.4 is 5.32 Å². The summed E-state index contributed by atoms with van der Waals surface area (Å²) in [4.78, 5) is 13.9. The summed E-state index contributed by atoms with van der Waals surface area (Å²) in [5.41, 5.74) is 1.21. The maximum Gasteiger partial charge on any atom is 0.234 e. The van der Waals surface area contributed by atoms with Gasteiger partial charge in [-0.2, -0.15) is 0 Å². The van der Waals surface area contributed by atoms with E-state index in [4.69, 9.17) is 0 Å². The van der Waals surface area contributed by atoms with Crippen molar-refractivity contribution in [2.75, 3.05) is 20.1 Å². The number of hydrogen-bond acceptors (Lipinski definition) is 3. The number of carbonyl (C=O) groups is 1. The summed E-state index contributed by atoms with van der Waals surface area (Å²) >= 11 is 0. The van der Waals surface area contributed by atoms with E-state index in [0.29, 0.717) is 24.3 Å². The topological polar surface area (TPSA) is 52.6 Å². The molecule has 0 aliphatic carbocycles. The third-order valence-corrected chi connectivity index (χ3v) is 3.64. The van der Waals surface area contributed by atoms with E-state index in [1.54, 1.807) is 12.1 Å². The maximum atomic E-state index is 11.8. The number of carbonyl (C=O) groups excluding carboxylic acids is 1. The van der Waals surface area contributed by atoms with Crippen LogP contribution in [0.2, 0.25) is 0 Å². The van der Waals surface area contributed by atoms with Crippen molar-refractivity contribution in [1.82, 2.24) is 10.2 Å². The molecule has 1 amide bonds. The van der Waals surface area contributed by atoms with Gasteiger partial charge in [-0.3, -0.25) is 9.69 Å². The highest BCUT2D eigenvalue weighted by molar-refractivity contribution is 5.77. The molecule has 0 bridgehead atoms. The van der Waals surface area contributed by atoms with Crippen LogP contribution in [-0.2, 0) is 11.2 Å². The third-order valence-electron chi connectivity index (χ3n) is 3.64. The van der Waals surface area contributed by atoms with Gasteiger partial charge in [-0.15, -0.1) is 0 Å². The normalized spacial score (nSPS) is 12.7. The predicted molar refractivity (Wildman–Crippen MR) is 86.4 cm³/mol. The van der Waals surface area contributed by atoms with Crippen LogP contribution in [0.4, 0.5) is 0 Å². The van der Waals surface area contributed by atoms with Gasteiger partial charge in [0.05, 0.1) is 6.54 Å². The van der Waals surface area contributed by atoms with Gasteiger partial charge < -0.3 is 10.4 Å². The zero-order valence-corrected chi connectivity index (χ0v) is 13.6. The molecule has 0 aromatic heterocycles. The standard InChI is InChI=1S/C17H28N2O2/c1-13(2)11-18-17(21)12-19(4)14(3)5-6-15-7-9-16(20)10-8-15/h7-10,13-14,20H,5-6,11-12H2,1-4H3,(H,18,21). The Morgan fingerprint density at radius 3 is 2.43 bits per heavy atom.